The van der Waals surface area contributed by atoms with Crippen molar-refractivity contribution in [3.05, 3.63) is 54.1 Å². The number of carbonyl (C=O) groups excluding carboxylic acids is 1. The summed E-state index contributed by atoms with van der Waals surface area (Å²) in [4.78, 5) is 17.0. The Hall–Kier alpha value is -3.13. The van der Waals surface area contributed by atoms with Crippen LogP contribution in [0.3, 0.4) is 0 Å². The Labute approximate surface area is 174 Å². The number of hydrogen-bond donors (Lipinski definition) is 1. The number of alkyl halides is 2. The molecule has 8 heteroatoms. The van der Waals surface area contributed by atoms with Crippen LogP contribution in [0.1, 0.15) is 5.56 Å². The monoisotopic (exact) mass is 417 g/mol. The van der Waals surface area contributed by atoms with Gasteiger partial charge in [0.25, 0.3) is 0 Å². The number of methoxy groups -OCH3 is 1. The highest BCUT2D eigenvalue weighted by atomic mass is 19.3. The van der Waals surface area contributed by atoms with E-state index >= 15 is 0 Å². The van der Waals surface area contributed by atoms with Crippen molar-refractivity contribution in [1.82, 2.24) is 4.90 Å². The van der Waals surface area contributed by atoms with E-state index in [9.17, 15) is 13.6 Å². The van der Waals surface area contributed by atoms with Crippen molar-refractivity contribution in [1.29, 1.82) is 0 Å². The van der Waals surface area contributed by atoms with Gasteiger partial charge in [0.2, 0.25) is 5.91 Å². The zero-order valence-corrected chi connectivity index (χ0v) is 17.0. The molecule has 0 aliphatic carbocycles. The van der Waals surface area contributed by atoms with Crippen LogP contribution in [0.15, 0.2) is 48.5 Å². The van der Waals surface area contributed by atoms with Crippen LogP contribution in [-0.4, -0.2) is 57.8 Å². The Balaban J connectivity index is 1.68. The average molecular weight is 417 g/mol. The van der Waals surface area contributed by atoms with Gasteiger partial charge >= 0.3 is 6.61 Å². The predicted octanol–water partition coefficient (Wildman–Crippen LogP) is 3.70. The van der Waals surface area contributed by atoms with Gasteiger partial charge in [0.15, 0.2) is 11.5 Å². The molecule has 3 rings (SSSR count). The summed E-state index contributed by atoms with van der Waals surface area (Å²) >= 11 is 0. The van der Waals surface area contributed by atoms with Crippen molar-refractivity contribution in [3.63, 3.8) is 0 Å². The molecule has 6 nitrogen and oxygen atoms in total. The smallest absolute Gasteiger partial charge is 0.387 e. The van der Waals surface area contributed by atoms with Crippen molar-refractivity contribution in [2.75, 3.05) is 50.6 Å². The van der Waals surface area contributed by atoms with E-state index in [1.54, 1.807) is 12.1 Å². The molecule has 0 spiro atoms. The van der Waals surface area contributed by atoms with Crippen LogP contribution in [-0.2, 0) is 4.79 Å². The van der Waals surface area contributed by atoms with Crippen molar-refractivity contribution < 1.29 is 23.0 Å². The van der Waals surface area contributed by atoms with Crippen LogP contribution in [0.2, 0.25) is 0 Å². The number of ether oxygens (including phenoxy) is 2. The number of halogens is 2. The van der Waals surface area contributed by atoms with Crippen molar-refractivity contribution in [3.8, 4) is 11.5 Å². The minimum absolute atomic E-state index is 0.0600. The first-order valence-electron chi connectivity index (χ1n) is 9.60. The van der Waals surface area contributed by atoms with Crippen molar-refractivity contribution >= 4 is 23.4 Å². The number of hydrogen-bond acceptors (Lipinski definition) is 5. The fourth-order valence-corrected chi connectivity index (χ4v) is 3.23. The molecule has 1 N–H and O–H groups in total. The van der Waals surface area contributed by atoms with E-state index in [1.807, 2.05) is 24.3 Å². The Morgan fingerprint density at radius 1 is 1.10 bits per heavy atom. The highest BCUT2D eigenvalue weighted by molar-refractivity contribution is 6.03. The fourth-order valence-electron chi connectivity index (χ4n) is 3.23. The lowest BCUT2D eigenvalue weighted by atomic mass is 10.2. The Bertz CT molecular complexity index is 897. The third-order valence-corrected chi connectivity index (χ3v) is 4.84. The standard InChI is InChI=1S/C22H25F2N3O3/c1-26-11-13-27(14-12-26)18-6-4-3-5-17(18)25-21(28)10-8-16-7-9-19(30-22(23)24)20(15-16)29-2/h3-10,15,22H,11-14H2,1-2H3,(H,25,28)/b10-8+. The average Bonchev–Trinajstić information content (AvgIpc) is 2.74. The number of amides is 1. The Morgan fingerprint density at radius 3 is 2.53 bits per heavy atom. The summed E-state index contributed by atoms with van der Waals surface area (Å²) in [5.74, 6) is -0.183. The lowest BCUT2D eigenvalue weighted by Gasteiger charge is -2.35. The summed E-state index contributed by atoms with van der Waals surface area (Å²) in [5.41, 5.74) is 2.36. The number of para-hydroxylation sites is 2. The number of carbonyl (C=O) groups is 1. The van der Waals surface area contributed by atoms with Crippen molar-refractivity contribution in [2.24, 2.45) is 0 Å². The molecule has 0 unspecified atom stereocenters. The van der Waals surface area contributed by atoms with Crippen LogP contribution in [0.5, 0.6) is 11.5 Å². The van der Waals surface area contributed by atoms with E-state index in [-0.39, 0.29) is 17.4 Å². The van der Waals surface area contributed by atoms with Crippen LogP contribution in [0.25, 0.3) is 6.08 Å². The quantitative estimate of drug-likeness (QED) is 0.697. The molecule has 1 aliphatic heterocycles. The molecule has 2 aromatic rings. The van der Waals surface area contributed by atoms with Gasteiger partial charge in [-0.1, -0.05) is 18.2 Å². The van der Waals surface area contributed by atoms with Gasteiger partial charge in [-0.25, -0.2) is 0 Å². The van der Waals surface area contributed by atoms with Crippen LogP contribution in [0.4, 0.5) is 20.2 Å². The summed E-state index contributed by atoms with van der Waals surface area (Å²) in [6.07, 6.45) is 2.98. The van der Waals surface area contributed by atoms with Gasteiger partial charge in [-0.2, -0.15) is 8.78 Å². The van der Waals surface area contributed by atoms with Gasteiger partial charge in [-0.05, 0) is 43.0 Å². The Morgan fingerprint density at radius 2 is 1.83 bits per heavy atom. The molecular weight excluding hydrogens is 392 g/mol. The van der Waals surface area contributed by atoms with Crippen molar-refractivity contribution in [2.45, 2.75) is 6.61 Å². The maximum Gasteiger partial charge on any atom is 0.387 e. The summed E-state index contributed by atoms with van der Waals surface area (Å²) in [6.45, 7) is 0.786. The molecule has 1 saturated heterocycles. The summed E-state index contributed by atoms with van der Waals surface area (Å²) in [6, 6.07) is 12.2. The molecule has 0 saturated carbocycles. The molecule has 0 bridgehead atoms. The number of nitrogens with one attached hydrogen (secondary N) is 1. The normalized spacial score (nSPS) is 14.9. The number of anilines is 2. The van der Waals surface area contributed by atoms with Gasteiger partial charge in [0.1, 0.15) is 0 Å². The molecular formula is C22H25F2N3O3. The van der Waals surface area contributed by atoms with Gasteiger partial charge in [0.05, 0.1) is 18.5 Å². The number of rotatable bonds is 7. The van der Waals surface area contributed by atoms with E-state index < -0.39 is 6.61 Å². The predicted molar refractivity (Wildman–Crippen MR) is 113 cm³/mol. The lowest BCUT2D eigenvalue weighted by Crippen LogP contribution is -2.44. The van der Waals surface area contributed by atoms with Gasteiger partial charge in [-0.15, -0.1) is 0 Å². The summed E-state index contributed by atoms with van der Waals surface area (Å²) in [7, 11) is 3.46. The molecule has 1 aliphatic rings. The first-order chi connectivity index (χ1) is 14.5. The number of likely N-dealkylation sites (N-methyl/N-ethyl adjacent to an activating group) is 1. The molecule has 1 amide bonds. The molecule has 0 atom stereocenters. The Kier molecular flexibility index (Phi) is 7.24. The second kappa shape index (κ2) is 10.1. The molecule has 30 heavy (non-hydrogen) atoms. The minimum atomic E-state index is -2.94. The number of nitrogens with zero attached hydrogens (tertiary/aromatic N) is 2. The van der Waals surface area contributed by atoms with Crippen LogP contribution < -0.4 is 19.7 Å². The molecule has 160 valence electrons. The highest BCUT2D eigenvalue weighted by Gasteiger charge is 2.17. The van der Waals surface area contributed by atoms with Gasteiger partial charge in [0, 0.05) is 32.3 Å². The molecule has 2 aromatic carbocycles. The number of piperazine rings is 1. The summed E-state index contributed by atoms with van der Waals surface area (Å²) in [5, 5.41) is 2.92. The third kappa shape index (κ3) is 5.70. The van der Waals surface area contributed by atoms with Gasteiger partial charge in [-0.3, -0.25) is 4.79 Å². The minimum Gasteiger partial charge on any atom is -0.493 e. The van der Waals surface area contributed by atoms with Crippen LogP contribution >= 0.6 is 0 Å². The van der Waals surface area contributed by atoms with E-state index in [4.69, 9.17) is 4.74 Å². The first-order valence-corrected chi connectivity index (χ1v) is 9.60. The van der Waals surface area contributed by atoms with E-state index in [1.165, 1.54) is 25.3 Å². The third-order valence-electron chi connectivity index (χ3n) is 4.84. The molecule has 1 heterocycles. The maximum absolute atomic E-state index is 12.5. The van der Waals surface area contributed by atoms with Crippen LogP contribution in [0, 0.1) is 0 Å². The summed E-state index contributed by atoms with van der Waals surface area (Å²) < 4.78 is 34.4. The zero-order valence-electron chi connectivity index (χ0n) is 17.0. The maximum atomic E-state index is 12.5. The van der Waals surface area contributed by atoms with Gasteiger partial charge < -0.3 is 24.6 Å². The zero-order chi connectivity index (χ0) is 21.5. The fraction of sp³-hybridized carbons (Fsp3) is 0.318. The molecule has 1 fully saturated rings. The topological polar surface area (TPSA) is 54.0 Å². The SMILES string of the molecule is COc1cc(/C=C/C(=O)Nc2ccccc2N2CCN(C)CC2)ccc1OC(F)F. The second-order valence-electron chi connectivity index (χ2n) is 6.92. The second-order valence-corrected chi connectivity index (χ2v) is 6.92. The van der Waals surface area contributed by atoms with E-state index in [0.717, 1.165) is 37.6 Å². The molecule has 0 radical (unpaired) electrons. The highest BCUT2D eigenvalue weighted by Crippen LogP contribution is 2.30. The first kappa shape index (κ1) is 21.6. The van der Waals surface area contributed by atoms with E-state index in [2.05, 4.69) is 26.9 Å². The number of benzene rings is 2. The largest absolute Gasteiger partial charge is 0.493 e. The van der Waals surface area contributed by atoms with E-state index in [0.29, 0.717) is 5.56 Å². The lowest BCUT2D eigenvalue weighted by molar-refractivity contribution is -0.111. The molecule has 0 aromatic heterocycles.